The zero-order valence-corrected chi connectivity index (χ0v) is 35.8. The van der Waals surface area contributed by atoms with Crippen LogP contribution in [0.3, 0.4) is 0 Å². The molecule has 0 fully saturated rings. The number of ether oxygens (including phenoxy) is 2. The molecule has 0 aliphatic carbocycles. The van der Waals surface area contributed by atoms with E-state index in [1.807, 2.05) is 19.1 Å². The van der Waals surface area contributed by atoms with Gasteiger partial charge in [0.2, 0.25) is 6.10 Å². The number of hydrogen-bond donors (Lipinski definition) is 2. The maximum absolute atomic E-state index is 14.0. The average molecular weight is 815 g/mol. The van der Waals surface area contributed by atoms with Crippen LogP contribution in [0, 0.1) is 0 Å². The summed E-state index contributed by atoms with van der Waals surface area (Å²) in [7, 11) is 0. The molecule has 5 rings (SSSR count). The highest BCUT2D eigenvalue weighted by atomic mass is 35.5. The number of nitrogens with zero attached hydrogens (tertiary/aromatic N) is 2. The quantitative estimate of drug-likeness (QED) is 0.0393. The van der Waals surface area contributed by atoms with Crippen LogP contribution in [0.5, 0.6) is 11.5 Å². The third-order valence-corrected chi connectivity index (χ3v) is 11.3. The van der Waals surface area contributed by atoms with E-state index in [2.05, 4.69) is 71.4 Å². The van der Waals surface area contributed by atoms with Crippen LogP contribution in [0.1, 0.15) is 104 Å². The first-order valence-corrected chi connectivity index (χ1v) is 20.8. The number of carbonyl (C=O) groups is 2. The molecule has 10 nitrogen and oxygen atoms in total. The number of carbonyl (C=O) groups excluding carboxylic acids is 2. The van der Waals surface area contributed by atoms with Crippen LogP contribution >= 0.6 is 23.6 Å². The normalized spacial score (nSPS) is 15.0. The van der Waals surface area contributed by atoms with Crippen molar-refractivity contribution < 1.29 is 28.4 Å². The molecule has 2 unspecified atom stereocenters. The lowest BCUT2D eigenvalue weighted by Gasteiger charge is -2.31. The van der Waals surface area contributed by atoms with Crippen molar-refractivity contribution in [3.63, 3.8) is 0 Å². The molecule has 1 aliphatic rings. The molecule has 57 heavy (non-hydrogen) atoms. The fourth-order valence-corrected chi connectivity index (χ4v) is 6.63. The van der Waals surface area contributed by atoms with Gasteiger partial charge in [-0.05, 0) is 109 Å². The van der Waals surface area contributed by atoms with Gasteiger partial charge in [0.25, 0.3) is 11.8 Å². The van der Waals surface area contributed by atoms with Crippen molar-refractivity contribution in [1.29, 1.82) is 0 Å². The number of amides is 2. The number of rotatable bonds is 20. The zero-order chi connectivity index (χ0) is 41.2. The van der Waals surface area contributed by atoms with Gasteiger partial charge in [0, 0.05) is 33.3 Å². The van der Waals surface area contributed by atoms with E-state index in [0.29, 0.717) is 46.4 Å². The summed E-state index contributed by atoms with van der Waals surface area (Å²) in [6, 6.07) is 27.6. The smallest absolute Gasteiger partial charge is 0.294 e. The maximum atomic E-state index is 14.0. The molecule has 1 aliphatic heterocycles. The van der Waals surface area contributed by atoms with Gasteiger partial charge in [-0.15, -0.1) is 9.32 Å². The van der Waals surface area contributed by atoms with Crippen molar-refractivity contribution in [1.82, 2.24) is 5.48 Å². The van der Waals surface area contributed by atoms with Gasteiger partial charge in [0.05, 0.1) is 17.7 Å². The third kappa shape index (κ3) is 11.2. The van der Waals surface area contributed by atoms with Gasteiger partial charge in [0.1, 0.15) is 17.2 Å². The Bertz CT molecular complexity index is 2000. The first kappa shape index (κ1) is 43.7. The van der Waals surface area contributed by atoms with Gasteiger partial charge in [-0.2, -0.15) is 15.6 Å². The third-order valence-electron chi connectivity index (χ3n) is 10.5. The maximum Gasteiger partial charge on any atom is 0.294 e. The Hall–Kier alpha value is -4.39. The van der Waals surface area contributed by atoms with Crippen LogP contribution in [-0.2, 0) is 29.7 Å². The van der Waals surface area contributed by atoms with Crippen LogP contribution in [0.4, 0.5) is 11.4 Å². The van der Waals surface area contributed by atoms with Gasteiger partial charge in [0.15, 0.2) is 6.10 Å². The molecule has 1 heterocycles. The fourth-order valence-electron chi connectivity index (χ4n) is 6.03. The van der Waals surface area contributed by atoms with Crippen molar-refractivity contribution >= 4 is 52.5 Å². The Labute approximate surface area is 346 Å². The SMILES string of the molecule is CCCCNOOSc1ccc(OC2C(=O)N(c3ccc(NC(=O)C(CC)Oc4ccc(C(C)(C)CC)cc4C(C)(C)CC)cc3)N=C2c2cccc(Cl)c2)cc1. The molecule has 0 bridgehead atoms. The van der Waals surface area contributed by atoms with E-state index in [-0.39, 0.29) is 22.6 Å². The van der Waals surface area contributed by atoms with Crippen LogP contribution in [0.25, 0.3) is 0 Å². The molecule has 0 spiro atoms. The van der Waals surface area contributed by atoms with E-state index in [9.17, 15) is 9.59 Å². The molecule has 0 radical (unpaired) electrons. The van der Waals surface area contributed by atoms with Crippen molar-refractivity contribution in [3.8, 4) is 11.5 Å². The molecule has 0 saturated heterocycles. The van der Waals surface area contributed by atoms with E-state index in [0.717, 1.165) is 53.9 Å². The second kappa shape index (κ2) is 19.8. The van der Waals surface area contributed by atoms with Crippen LogP contribution in [0.15, 0.2) is 101 Å². The fraction of sp³-hybridized carbons (Fsp3) is 0.400. The van der Waals surface area contributed by atoms with Crippen LogP contribution in [0.2, 0.25) is 5.02 Å². The minimum Gasteiger partial charge on any atom is -0.480 e. The lowest BCUT2D eigenvalue weighted by atomic mass is 9.76. The Balaban J connectivity index is 1.29. The highest BCUT2D eigenvalue weighted by Gasteiger charge is 2.40. The molecule has 2 N–H and O–H groups in total. The summed E-state index contributed by atoms with van der Waals surface area (Å²) in [6.45, 7) is 18.0. The zero-order valence-electron chi connectivity index (χ0n) is 34.2. The first-order valence-electron chi connectivity index (χ1n) is 19.7. The summed E-state index contributed by atoms with van der Waals surface area (Å²) in [5.74, 6) is 0.543. The second-order valence-corrected chi connectivity index (χ2v) is 16.5. The molecule has 0 saturated carbocycles. The number of unbranched alkanes of at least 4 members (excludes halogenated alkanes) is 1. The molecule has 2 atom stereocenters. The van der Waals surface area contributed by atoms with E-state index in [1.165, 1.54) is 10.6 Å². The highest BCUT2D eigenvalue weighted by molar-refractivity contribution is 7.94. The molecule has 304 valence electrons. The standard InChI is InChI=1S/C45H55ClN4O6S/c1-9-13-27-47-55-56-57-36-24-22-35(23-25-36)53-41-40(30-15-14-16-32(46)28-30)49-50(43(41)52)34-20-18-33(19-21-34)48-42(51)38(10-2)54-39-26-17-31(44(5,6)11-3)29-37(39)45(7,8)12-4/h14-26,28-29,38,41,47H,9-13,27H2,1-8H3,(H,48,51). The van der Waals surface area contributed by atoms with Gasteiger partial charge >= 0.3 is 0 Å². The number of hydroxylamine groups is 1. The minimum absolute atomic E-state index is 0.0177. The number of anilines is 2. The molecular formula is C45H55ClN4O6S. The summed E-state index contributed by atoms with van der Waals surface area (Å²) in [5, 5.41) is 9.54. The Morgan fingerprint density at radius 1 is 0.912 bits per heavy atom. The van der Waals surface area contributed by atoms with Crippen molar-refractivity contribution in [2.24, 2.45) is 5.10 Å². The number of benzene rings is 4. The number of nitrogens with one attached hydrogen (secondary N) is 2. The monoisotopic (exact) mass is 814 g/mol. The van der Waals surface area contributed by atoms with Crippen molar-refractivity contribution in [3.05, 3.63) is 113 Å². The average Bonchev–Trinajstić information content (AvgIpc) is 3.53. The summed E-state index contributed by atoms with van der Waals surface area (Å²) in [6.07, 6.45) is 2.66. The summed E-state index contributed by atoms with van der Waals surface area (Å²) >= 11 is 7.40. The lowest BCUT2D eigenvalue weighted by molar-refractivity contribution is -0.244. The molecule has 4 aromatic carbocycles. The molecule has 12 heteroatoms. The summed E-state index contributed by atoms with van der Waals surface area (Å²) < 4.78 is 17.9. The Morgan fingerprint density at radius 3 is 2.28 bits per heavy atom. The first-order chi connectivity index (χ1) is 27.3. The van der Waals surface area contributed by atoms with E-state index in [4.69, 9.17) is 35.5 Å². The van der Waals surface area contributed by atoms with Crippen LogP contribution in [-0.4, -0.2) is 36.3 Å². The van der Waals surface area contributed by atoms with E-state index < -0.39 is 12.2 Å². The summed E-state index contributed by atoms with van der Waals surface area (Å²) in [5.41, 5.74) is 7.09. The largest absolute Gasteiger partial charge is 0.480 e. The van der Waals surface area contributed by atoms with E-state index in [1.54, 1.807) is 66.7 Å². The van der Waals surface area contributed by atoms with Crippen molar-refractivity contribution in [2.45, 2.75) is 115 Å². The Kier molecular flexibility index (Phi) is 15.2. The summed E-state index contributed by atoms with van der Waals surface area (Å²) in [4.78, 5) is 33.4. The van der Waals surface area contributed by atoms with E-state index >= 15 is 0 Å². The Morgan fingerprint density at radius 2 is 1.63 bits per heavy atom. The van der Waals surface area contributed by atoms with Gasteiger partial charge in [-0.25, -0.2) is 0 Å². The molecule has 4 aromatic rings. The van der Waals surface area contributed by atoms with Gasteiger partial charge in [-0.1, -0.05) is 97.7 Å². The van der Waals surface area contributed by atoms with Crippen molar-refractivity contribution in [2.75, 3.05) is 16.9 Å². The number of hydrazone groups is 1. The van der Waals surface area contributed by atoms with Gasteiger partial charge < -0.3 is 14.8 Å². The molecular weight excluding hydrogens is 760 g/mol. The molecule has 2 amide bonds. The second-order valence-electron chi connectivity index (χ2n) is 15.3. The highest BCUT2D eigenvalue weighted by Crippen LogP contribution is 2.39. The van der Waals surface area contributed by atoms with Crippen LogP contribution < -0.4 is 25.3 Å². The predicted octanol–water partition coefficient (Wildman–Crippen LogP) is 11.0. The van der Waals surface area contributed by atoms with Gasteiger partial charge in [-0.3, -0.25) is 9.59 Å². The lowest BCUT2D eigenvalue weighted by Crippen LogP contribution is -2.37. The number of hydrogen-bond acceptors (Lipinski definition) is 9. The number of halogens is 1. The molecule has 0 aromatic heterocycles. The predicted molar refractivity (Wildman–Crippen MR) is 230 cm³/mol. The topological polar surface area (TPSA) is 111 Å². The minimum atomic E-state index is -1.05.